The summed E-state index contributed by atoms with van der Waals surface area (Å²) in [5.41, 5.74) is 1.72. The van der Waals surface area contributed by atoms with Gasteiger partial charge in [0.2, 0.25) is 0 Å². The van der Waals surface area contributed by atoms with E-state index in [0.717, 1.165) is 24.0 Å². The van der Waals surface area contributed by atoms with Crippen molar-refractivity contribution in [2.75, 3.05) is 0 Å². The molecule has 0 aromatic heterocycles. The lowest BCUT2D eigenvalue weighted by Gasteiger charge is -2.26. The molecule has 118 valence electrons. The van der Waals surface area contributed by atoms with E-state index >= 15 is 0 Å². The van der Waals surface area contributed by atoms with E-state index in [0.29, 0.717) is 0 Å². The fourth-order valence-electron chi connectivity index (χ4n) is 3.03. The Bertz CT molecular complexity index is 597. The molecule has 0 radical (unpaired) electrons. The summed E-state index contributed by atoms with van der Waals surface area (Å²) >= 11 is 0. The molecule has 0 saturated heterocycles. The molecular formula is C18H21FO3. The van der Waals surface area contributed by atoms with Gasteiger partial charge in [0.05, 0.1) is 0 Å². The SMILES string of the molecule is CC[C@H](c1ccc(O)c(F)c1)[C@@H](CC)c1ccc(O)c(O)c1. The van der Waals surface area contributed by atoms with Crippen LogP contribution in [-0.4, -0.2) is 15.3 Å². The highest BCUT2D eigenvalue weighted by Gasteiger charge is 2.23. The summed E-state index contributed by atoms with van der Waals surface area (Å²) in [5, 5.41) is 28.5. The standard InChI is InChI=1S/C18H21FO3/c1-3-13(11-5-7-16(20)15(19)9-11)14(4-2)12-6-8-17(21)18(22)10-12/h5-10,13-14,20-22H,3-4H2,1-2H3/t13-,14+/m1/s1. The van der Waals surface area contributed by atoms with Crippen LogP contribution in [0.4, 0.5) is 4.39 Å². The van der Waals surface area contributed by atoms with Gasteiger partial charge < -0.3 is 15.3 Å². The molecule has 2 aromatic rings. The van der Waals surface area contributed by atoms with Gasteiger partial charge >= 0.3 is 0 Å². The van der Waals surface area contributed by atoms with Gasteiger partial charge in [-0.1, -0.05) is 26.0 Å². The molecule has 2 aromatic carbocycles. The van der Waals surface area contributed by atoms with Crippen molar-refractivity contribution in [3.8, 4) is 17.2 Å². The molecule has 0 bridgehead atoms. The van der Waals surface area contributed by atoms with Crippen molar-refractivity contribution in [1.29, 1.82) is 0 Å². The topological polar surface area (TPSA) is 60.7 Å². The Morgan fingerprint density at radius 2 is 1.27 bits per heavy atom. The molecule has 0 saturated carbocycles. The minimum atomic E-state index is -0.626. The first kappa shape index (κ1) is 16.1. The minimum Gasteiger partial charge on any atom is -0.505 e. The number of benzene rings is 2. The van der Waals surface area contributed by atoms with Gasteiger partial charge in [-0.15, -0.1) is 0 Å². The number of halogens is 1. The molecule has 2 rings (SSSR count). The summed E-state index contributed by atoms with van der Waals surface area (Å²) in [6.07, 6.45) is 1.61. The summed E-state index contributed by atoms with van der Waals surface area (Å²) < 4.78 is 13.6. The highest BCUT2D eigenvalue weighted by Crippen LogP contribution is 2.41. The van der Waals surface area contributed by atoms with Crippen LogP contribution in [0.5, 0.6) is 17.2 Å². The largest absolute Gasteiger partial charge is 0.505 e. The van der Waals surface area contributed by atoms with E-state index in [4.69, 9.17) is 0 Å². The molecule has 0 aliphatic heterocycles. The van der Waals surface area contributed by atoms with Gasteiger partial charge in [-0.05, 0) is 60.1 Å². The maximum Gasteiger partial charge on any atom is 0.165 e. The summed E-state index contributed by atoms with van der Waals surface area (Å²) in [6, 6.07) is 9.28. The Morgan fingerprint density at radius 3 is 1.73 bits per heavy atom. The predicted octanol–water partition coefficient (Wildman–Crippen LogP) is 4.63. The molecule has 0 aliphatic rings. The zero-order valence-corrected chi connectivity index (χ0v) is 12.8. The van der Waals surface area contributed by atoms with Crippen molar-refractivity contribution in [3.05, 3.63) is 53.3 Å². The van der Waals surface area contributed by atoms with Crippen LogP contribution in [0.3, 0.4) is 0 Å². The maximum absolute atomic E-state index is 13.6. The van der Waals surface area contributed by atoms with E-state index in [9.17, 15) is 19.7 Å². The van der Waals surface area contributed by atoms with Crippen LogP contribution in [0, 0.1) is 5.82 Å². The molecule has 0 spiro atoms. The molecule has 2 atom stereocenters. The smallest absolute Gasteiger partial charge is 0.165 e. The van der Waals surface area contributed by atoms with E-state index in [1.165, 1.54) is 18.2 Å². The molecule has 0 unspecified atom stereocenters. The fraction of sp³-hybridized carbons (Fsp3) is 0.333. The molecule has 4 heteroatoms. The van der Waals surface area contributed by atoms with Crippen LogP contribution in [0.25, 0.3) is 0 Å². The first-order valence-corrected chi connectivity index (χ1v) is 7.48. The average Bonchev–Trinajstić information content (AvgIpc) is 2.50. The number of hydrogen-bond donors (Lipinski definition) is 3. The van der Waals surface area contributed by atoms with Crippen molar-refractivity contribution in [1.82, 2.24) is 0 Å². The first-order chi connectivity index (χ1) is 10.5. The Balaban J connectivity index is 2.41. The Morgan fingerprint density at radius 1 is 0.773 bits per heavy atom. The van der Waals surface area contributed by atoms with Crippen LogP contribution in [0.1, 0.15) is 49.7 Å². The van der Waals surface area contributed by atoms with E-state index in [2.05, 4.69) is 0 Å². The van der Waals surface area contributed by atoms with Gasteiger partial charge in [-0.2, -0.15) is 0 Å². The average molecular weight is 304 g/mol. The van der Waals surface area contributed by atoms with E-state index < -0.39 is 5.82 Å². The van der Waals surface area contributed by atoms with E-state index in [1.54, 1.807) is 18.2 Å². The van der Waals surface area contributed by atoms with Gasteiger partial charge in [0.15, 0.2) is 23.1 Å². The predicted molar refractivity (Wildman–Crippen MR) is 83.9 cm³/mol. The molecule has 3 nitrogen and oxygen atoms in total. The van der Waals surface area contributed by atoms with Crippen molar-refractivity contribution in [2.45, 2.75) is 38.5 Å². The molecule has 22 heavy (non-hydrogen) atoms. The molecule has 3 N–H and O–H groups in total. The quantitative estimate of drug-likeness (QED) is 0.706. The Kier molecular flexibility index (Phi) is 4.91. The summed E-state index contributed by atoms with van der Waals surface area (Å²) in [5.74, 6) is -1.14. The lowest BCUT2D eigenvalue weighted by molar-refractivity contribution is 0.401. The lowest BCUT2D eigenvalue weighted by Crippen LogP contribution is -2.10. The van der Waals surface area contributed by atoms with Crippen molar-refractivity contribution in [3.63, 3.8) is 0 Å². The van der Waals surface area contributed by atoms with Gasteiger partial charge in [-0.3, -0.25) is 0 Å². The monoisotopic (exact) mass is 304 g/mol. The van der Waals surface area contributed by atoms with Gasteiger partial charge in [0.25, 0.3) is 0 Å². The second-order valence-electron chi connectivity index (χ2n) is 5.49. The maximum atomic E-state index is 13.6. The molecule has 0 aliphatic carbocycles. The summed E-state index contributed by atoms with van der Waals surface area (Å²) in [7, 11) is 0. The van der Waals surface area contributed by atoms with Gasteiger partial charge in [0, 0.05) is 0 Å². The number of phenols is 3. The van der Waals surface area contributed by atoms with E-state index in [-0.39, 0.29) is 29.1 Å². The Labute approximate surface area is 129 Å². The van der Waals surface area contributed by atoms with Crippen LogP contribution in [0.2, 0.25) is 0 Å². The Hall–Kier alpha value is -2.23. The van der Waals surface area contributed by atoms with Crippen LogP contribution in [-0.2, 0) is 0 Å². The highest BCUT2D eigenvalue weighted by atomic mass is 19.1. The van der Waals surface area contributed by atoms with Gasteiger partial charge in [0.1, 0.15) is 0 Å². The third-order valence-corrected chi connectivity index (χ3v) is 4.19. The van der Waals surface area contributed by atoms with Crippen molar-refractivity contribution in [2.24, 2.45) is 0 Å². The molecular weight excluding hydrogens is 283 g/mol. The van der Waals surface area contributed by atoms with Gasteiger partial charge in [-0.25, -0.2) is 4.39 Å². The molecule has 0 heterocycles. The summed E-state index contributed by atoms with van der Waals surface area (Å²) in [4.78, 5) is 0. The second-order valence-corrected chi connectivity index (χ2v) is 5.49. The van der Waals surface area contributed by atoms with Crippen LogP contribution in [0.15, 0.2) is 36.4 Å². The summed E-state index contributed by atoms with van der Waals surface area (Å²) in [6.45, 7) is 4.06. The zero-order valence-electron chi connectivity index (χ0n) is 12.8. The number of phenolic OH excluding ortho intramolecular Hbond substituents is 3. The first-order valence-electron chi connectivity index (χ1n) is 7.48. The minimum absolute atomic E-state index is 0.0593. The normalized spacial score (nSPS) is 13.8. The zero-order chi connectivity index (χ0) is 16.3. The lowest BCUT2D eigenvalue weighted by atomic mass is 9.78. The third-order valence-electron chi connectivity index (χ3n) is 4.19. The van der Waals surface area contributed by atoms with Crippen molar-refractivity contribution >= 4 is 0 Å². The fourth-order valence-corrected chi connectivity index (χ4v) is 3.03. The second kappa shape index (κ2) is 6.69. The van der Waals surface area contributed by atoms with E-state index in [1.807, 2.05) is 13.8 Å². The third kappa shape index (κ3) is 3.16. The van der Waals surface area contributed by atoms with Crippen LogP contribution < -0.4 is 0 Å². The number of rotatable bonds is 5. The molecule has 0 fully saturated rings. The van der Waals surface area contributed by atoms with Crippen molar-refractivity contribution < 1.29 is 19.7 Å². The number of hydrogen-bond acceptors (Lipinski definition) is 3. The van der Waals surface area contributed by atoms with Crippen LogP contribution >= 0.6 is 0 Å². The number of aromatic hydroxyl groups is 3. The molecule has 0 amide bonds. The highest BCUT2D eigenvalue weighted by molar-refractivity contribution is 5.43.